The van der Waals surface area contributed by atoms with E-state index in [1.54, 1.807) is 0 Å². The third kappa shape index (κ3) is 3.71. The Kier molecular flexibility index (Phi) is 5.55. The largest absolute Gasteiger partial charge is 0.172 e. The second kappa shape index (κ2) is 9.30. The monoisotopic (exact) mass is 550 g/mol. The number of fused-ring (bicyclic) bond motifs is 6. The highest BCUT2D eigenvalue weighted by molar-refractivity contribution is 8.18. The molecule has 2 unspecified atom stereocenters. The minimum atomic E-state index is -0.536. The number of hydrogen-bond acceptors (Lipinski definition) is 0. The van der Waals surface area contributed by atoms with E-state index in [1.165, 1.54) is 73.9 Å². The number of hydrogen-bond donors (Lipinski definition) is 2. The van der Waals surface area contributed by atoms with Crippen LogP contribution in [0.2, 0.25) is 0 Å². The maximum Gasteiger partial charge on any atom is 0.00347 e. The molecular formula is C38H30S2. The zero-order valence-electron chi connectivity index (χ0n) is 22.6. The standard InChI is InChI=1S/C38H30S2/c1-25-11-17-29(18-12-25)39-35-9-5-3-7-31(35)33-23-27(15-21-37(33)39)28-16-22-38-34(24-28)32-8-4-6-10-36(32)40(38)30-19-13-26(2)14-20-30/h3-24,39-40H,1-2H3. The van der Waals surface area contributed by atoms with Crippen LogP contribution in [0.15, 0.2) is 163 Å². The Hall–Kier alpha value is -3.98. The van der Waals surface area contributed by atoms with E-state index in [0.717, 1.165) is 0 Å². The molecule has 0 saturated carbocycles. The van der Waals surface area contributed by atoms with Crippen molar-refractivity contribution >= 4 is 21.8 Å². The number of aryl methyl sites for hydroxylation is 2. The van der Waals surface area contributed by atoms with Gasteiger partial charge >= 0.3 is 0 Å². The fourth-order valence-electron chi connectivity index (χ4n) is 6.25. The van der Waals surface area contributed by atoms with E-state index in [4.69, 9.17) is 0 Å². The molecule has 0 nitrogen and oxygen atoms in total. The number of benzene rings is 6. The Bertz CT molecular complexity index is 1770. The highest BCUT2D eigenvalue weighted by atomic mass is 32.2. The summed E-state index contributed by atoms with van der Waals surface area (Å²) in [6.45, 7) is 4.33. The maximum absolute atomic E-state index is 2.44. The first-order chi connectivity index (χ1) is 19.7. The summed E-state index contributed by atoms with van der Waals surface area (Å²) >= 11 is 0. The highest BCUT2D eigenvalue weighted by Gasteiger charge is 2.29. The third-order valence-electron chi connectivity index (χ3n) is 8.26. The summed E-state index contributed by atoms with van der Waals surface area (Å²) in [7, 11) is -1.07. The Morgan fingerprint density at radius 2 is 0.725 bits per heavy atom. The SMILES string of the molecule is Cc1ccc([SH]2c3ccccc3-c3cc(-c4ccc5c(c4)-c4ccccc4[SH]5c4ccc(C)cc4)ccc32)cc1. The molecule has 2 heterocycles. The minimum absolute atomic E-state index is 0.536. The zero-order valence-corrected chi connectivity index (χ0v) is 24.4. The van der Waals surface area contributed by atoms with Gasteiger partial charge in [0.1, 0.15) is 0 Å². The predicted molar refractivity (Wildman–Crippen MR) is 173 cm³/mol. The van der Waals surface area contributed by atoms with Crippen LogP contribution in [-0.2, 0) is 0 Å². The van der Waals surface area contributed by atoms with E-state index < -0.39 is 21.8 Å². The average Bonchev–Trinajstić information content (AvgIpc) is 3.50. The van der Waals surface area contributed by atoms with Gasteiger partial charge in [-0.25, -0.2) is 0 Å². The Balaban J connectivity index is 1.25. The number of thiol groups is 2. The van der Waals surface area contributed by atoms with Gasteiger partial charge in [0.15, 0.2) is 0 Å². The van der Waals surface area contributed by atoms with Crippen molar-refractivity contribution in [3.8, 4) is 33.4 Å². The molecular weight excluding hydrogens is 521 g/mol. The van der Waals surface area contributed by atoms with Gasteiger partial charge < -0.3 is 0 Å². The summed E-state index contributed by atoms with van der Waals surface area (Å²) in [5.74, 6) is 0. The lowest BCUT2D eigenvalue weighted by Crippen LogP contribution is -1.86. The molecule has 2 heteroatoms. The Morgan fingerprint density at radius 3 is 1.15 bits per heavy atom. The summed E-state index contributed by atoms with van der Waals surface area (Å²) in [5.41, 5.74) is 10.8. The lowest BCUT2D eigenvalue weighted by Gasteiger charge is -2.20. The molecule has 2 aliphatic heterocycles. The van der Waals surface area contributed by atoms with Crippen molar-refractivity contribution in [2.75, 3.05) is 0 Å². The van der Waals surface area contributed by atoms with E-state index >= 15 is 0 Å². The molecule has 0 saturated heterocycles. The first-order valence-corrected chi connectivity index (χ1v) is 16.5. The summed E-state index contributed by atoms with van der Waals surface area (Å²) < 4.78 is 0. The Morgan fingerprint density at radius 1 is 0.350 bits per heavy atom. The van der Waals surface area contributed by atoms with Crippen LogP contribution in [0.4, 0.5) is 0 Å². The molecule has 6 aromatic rings. The van der Waals surface area contributed by atoms with Gasteiger partial charge in [-0.15, -0.1) is 0 Å². The van der Waals surface area contributed by atoms with E-state index in [2.05, 4.69) is 147 Å². The van der Waals surface area contributed by atoms with Crippen molar-refractivity contribution in [2.45, 2.75) is 43.2 Å². The fraction of sp³-hybridized carbons (Fsp3) is 0.0526. The predicted octanol–water partition coefficient (Wildman–Crippen LogP) is 10.9. The molecule has 0 amide bonds. The van der Waals surface area contributed by atoms with Crippen molar-refractivity contribution in [3.63, 3.8) is 0 Å². The lowest BCUT2D eigenvalue weighted by molar-refractivity contribution is 1.35. The highest BCUT2D eigenvalue weighted by Crippen LogP contribution is 2.64. The molecule has 40 heavy (non-hydrogen) atoms. The molecule has 0 aromatic heterocycles. The second-order valence-corrected chi connectivity index (χ2v) is 15.1. The normalized spacial score (nSPS) is 18.1. The zero-order chi connectivity index (χ0) is 26.8. The van der Waals surface area contributed by atoms with E-state index in [1.807, 2.05) is 0 Å². The summed E-state index contributed by atoms with van der Waals surface area (Å²) in [5, 5.41) is 0. The van der Waals surface area contributed by atoms with Crippen LogP contribution in [0.3, 0.4) is 0 Å². The summed E-state index contributed by atoms with van der Waals surface area (Å²) in [6.07, 6.45) is 0. The van der Waals surface area contributed by atoms with Gasteiger partial charge in [-0.2, -0.15) is 21.8 Å². The molecule has 194 valence electrons. The van der Waals surface area contributed by atoms with Gasteiger partial charge in [0.2, 0.25) is 0 Å². The van der Waals surface area contributed by atoms with Crippen molar-refractivity contribution < 1.29 is 0 Å². The quantitative estimate of drug-likeness (QED) is 0.201. The first kappa shape index (κ1) is 23.9. The van der Waals surface area contributed by atoms with Crippen LogP contribution in [-0.4, -0.2) is 0 Å². The minimum Gasteiger partial charge on any atom is -0.172 e. The van der Waals surface area contributed by atoms with E-state index in [-0.39, 0.29) is 0 Å². The fourth-order valence-corrected chi connectivity index (χ4v) is 11.4. The van der Waals surface area contributed by atoms with Crippen LogP contribution in [0.25, 0.3) is 33.4 Å². The average molecular weight is 551 g/mol. The van der Waals surface area contributed by atoms with E-state index in [9.17, 15) is 0 Å². The molecule has 0 spiro atoms. The molecule has 0 bridgehead atoms. The van der Waals surface area contributed by atoms with Crippen LogP contribution < -0.4 is 0 Å². The van der Waals surface area contributed by atoms with Crippen molar-refractivity contribution in [2.24, 2.45) is 0 Å². The van der Waals surface area contributed by atoms with Crippen LogP contribution in [0, 0.1) is 13.8 Å². The lowest BCUT2D eigenvalue weighted by atomic mass is 9.96. The molecule has 6 aromatic carbocycles. The van der Waals surface area contributed by atoms with Gasteiger partial charge in [-0.05, 0) is 118 Å². The second-order valence-electron chi connectivity index (χ2n) is 10.8. The molecule has 0 fully saturated rings. The van der Waals surface area contributed by atoms with Gasteiger partial charge in [0, 0.05) is 19.6 Å². The third-order valence-corrected chi connectivity index (χ3v) is 13.4. The van der Waals surface area contributed by atoms with Gasteiger partial charge in [-0.3, -0.25) is 0 Å². The smallest absolute Gasteiger partial charge is 0.00347 e. The van der Waals surface area contributed by atoms with Gasteiger partial charge in [0.05, 0.1) is 0 Å². The van der Waals surface area contributed by atoms with Crippen LogP contribution in [0.1, 0.15) is 11.1 Å². The van der Waals surface area contributed by atoms with Crippen molar-refractivity contribution in [3.05, 3.63) is 145 Å². The molecule has 8 rings (SSSR count). The van der Waals surface area contributed by atoms with Crippen LogP contribution in [0.5, 0.6) is 0 Å². The molecule has 2 atom stereocenters. The first-order valence-electron chi connectivity index (χ1n) is 13.9. The Labute approximate surface area is 242 Å². The number of rotatable bonds is 3. The van der Waals surface area contributed by atoms with Gasteiger partial charge in [-0.1, -0.05) is 83.9 Å². The van der Waals surface area contributed by atoms with E-state index in [0.29, 0.717) is 0 Å². The maximum atomic E-state index is 2.44. The van der Waals surface area contributed by atoms with Crippen molar-refractivity contribution in [1.82, 2.24) is 0 Å². The van der Waals surface area contributed by atoms with Crippen molar-refractivity contribution in [1.29, 1.82) is 0 Å². The summed E-state index contributed by atoms with van der Waals surface area (Å²) in [6, 6.07) is 50.7. The van der Waals surface area contributed by atoms with Crippen LogP contribution >= 0.6 is 21.8 Å². The molecule has 0 aliphatic carbocycles. The molecule has 2 aliphatic rings. The summed E-state index contributed by atoms with van der Waals surface area (Å²) in [4.78, 5) is 8.74. The molecule has 0 N–H and O–H groups in total. The molecule has 0 radical (unpaired) electrons. The topological polar surface area (TPSA) is 0 Å². The van der Waals surface area contributed by atoms with Gasteiger partial charge in [0.25, 0.3) is 0 Å².